The van der Waals surface area contributed by atoms with Gasteiger partial charge in [-0.05, 0) is 49.5 Å². The van der Waals surface area contributed by atoms with Crippen LogP contribution in [0.3, 0.4) is 0 Å². The highest BCUT2D eigenvalue weighted by atomic mass is 16.6. The average Bonchev–Trinajstić information content (AvgIpc) is 3.59. The number of benzene rings is 1. The van der Waals surface area contributed by atoms with Crippen molar-refractivity contribution in [3.8, 4) is 5.88 Å². The Bertz CT molecular complexity index is 1350. The Morgan fingerprint density at radius 2 is 1.98 bits per heavy atom. The number of esters is 1. The molecule has 2 heterocycles. The molecule has 1 saturated heterocycles. The summed E-state index contributed by atoms with van der Waals surface area (Å²) in [5, 5.41) is 14.0. The molecule has 41 heavy (non-hydrogen) atoms. The molecule has 1 saturated carbocycles. The predicted molar refractivity (Wildman–Crippen MR) is 151 cm³/mol. The molecular formula is C30H37N3O8. The summed E-state index contributed by atoms with van der Waals surface area (Å²) in [6.07, 6.45) is 3.37. The highest BCUT2D eigenvalue weighted by molar-refractivity contribution is 5.89. The van der Waals surface area contributed by atoms with Gasteiger partial charge in [0.15, 0.2) is 5.88 Å². The zero-order valence-electron chi connectivity index (χ0n) is 23.2. The molecule has 1 aliphatic heterocycles. The molecule has 2 amide bonds. The molecule has 5 atom stereocenters. The maximum Gasteiger partial charge on any atom is 0.409 e. The number of carbonyl (C=O) groups is 3. The molecule has 4 rings (SSSR count). The molecule has 11 nitrogen and oxygen atoms in total. The first-order valence-corrected chi connectivity index (χ1v) is 13.8. The minimum Gasteiger partial charge on any atom is -0.473 e. The first-order chi connectivity index (χ1) is 19.8. The second-order valence-corrected chi connectivity index (χ2v) is 10.3. The molecule has 0 radical (unpaired) electrons. The number of methoxy groups -OCH3 is 1. The highest BCUT2D eigenvalue weighted by Crippen LogP contribution is 2.31. The van der Waals surface area contributed by atoms with Crippen molar-refractivity contribution in [3.63, 3.8) is 0 Å². The molecule has 2 aliphatic rings. The van der Waals surface area contributed by atoms with E-state index in [9.17, 15) is 24.3 Å². The van der Waals surface area contributed by atoms with Gasteiger partial charge in [-0.3, -0.25) is 19.5 Å². The van der Waals surface area contributed by atoms with Crippen LogP contribution >= 0.6 is 0 Å². The molecule has 2 fully saturated rings. The Balaban J connectivity index is 1.49. The number of hydrogen-bond acceptors (Lipinski definition) is 8. The van der Waals surface area contributed by atoms with Gasteiger partial charge >= 0.3 is 12.1 Å². The maximum absolute atomic E-state index is 13.2. The second-order valence-electron chi connectivity index (χ2n) is 10.3. The van der Waals surface area contributed by atoms with E-state index in [1.807, 2.05) is 6.07 Å². The first-order valence-electron chi connectivity index (χ1n) is 13.8. The Hall–Kier alpha value is -4.12. The molecule has 1 aliphatic carbocycles. The lowest BCUT2D eigenvalue weighted by Crippen LogP contribution is -2.52. The number of amides is 2. The van der Waals surface area contributed by atoms with Gasteiger partial charge in [0, 0.05) is 24.4 Å². The molecule has 0 unspecified atom stereocenters. The van der Waals surface area contributed by atoms with Gasteiger partial charge in [-0.25, -0.2) is 9.59 Å². The summed E-state index contributed by atoms with van der Waals surface area (Å²) >= 11 is 0. The number of likely N-dealkylation sites (tertiary alicyclic amines) is 1. The van der Waals surface area contributed by atoms with Crippen LogP contribution in [0.5, 0.6) is 5.88 Å². The van der Waals surface area contributed by atoms with Crippen LogP contribution in [0.15, 0.2) is 60.4 Å². The highest BCUT2D eigenvalue weighted by Gasteiger charge is 2.44. The summed E-state index contributed by atoms with van der Waals surface area (Å²) in [7, 11) is 1.20. The number of ether oxygens (including phenoxy) is 3. The third-order valence-corrected chi connectivity index (χ3v) is 7.65. The van der Waals surface area contributed by atoms with E-state index in [0.29, 0.717) is 36.6 Å². The lowest BCUT2D eigenvalue weighted by molar-refractivity contribution is -0.154. The van der Waals surface area contributed by atoms with Crippen LogP contribution in [0, 0.1) is 5.92 Å². The third-order valence-electron chi connectivity index (χ3n) is 7.65. The van der Waals surface area contributed by atoms with Gasteiger partial charge < -0.3 is 24.2 Å². The average molecular weight is 568 g/mol. The number of aliphatic hydroxyl groups is 1. The molecular weight excluding hydrogens is 530 g/mol. The molecule has 11 heteroatoms. The number of nitrogens with zero attached hydrogens (tertiary/aromatic N) is 2. The van der Waals surface area contributed by atoms with E-state index in [1.165, 1.54) is 11.7 Å². The zero-order valence-corrected chi connectivity index (χ0v) is 23.2. The van der Waals surface area contributed by atoms with Gasteiger partial charge in [0.05, 0.1) is 13.7 Å². The van der Waals surface area contributed by atoms with Crippen LogP contribution in [0.25, 0.3) is 10.8 Å². The van der Waals surface area contributed by atoms with Crippen molar-refractivity contribution in [2.45, 2.75) is 69.5 Å². The number of alkyl carbamates (subject to hydrolysis) is 1. The normalized spacial score (nSPS) is 22.6. The number of fused-ring (bicyclic) bond motifs is 1. The smallest absolute Gasteiger partial charge is 0.409 e. The van der Waals surface area contributed by atoms with Crippen molar-refractivity contribution in [2.24, 2.45) is 5.92 Å². The van der Waals surface area contributed by atoms with Gasteiger partial charge in [0.2, 0.25) is 6.23 Å². The lowest BCUT2D eigenvalue weighted by atomic mass is 10.0. The van der Waals surface area contributed by atoms with Gasteiger partial charge in [-0.15, -0.1) is 13.2 Å². The molecule has 2 aromatic rings. The molecule has 2 N–H and O–H groups in total. The van der Waals surface area contributed by atoms with Crippen molar-refractivity contribution in [1.82, 2.24) is 14.8 Å². The maximum atomic E-state index is 13.2. The number of nitrogens with one attached hydrogen (secondary N) is 1. The van der Waals surface area contributed by atoms with Gasteiger partial charge in [-0.2, -0.15) is 0 Å². The molecule has 1 aromatic carbocycles. The quantitative estimate of drug-likeness (QED) is 0.240. The van der Waals surface area contributed by atoms with E-state index < -0.39 is 36.3 Å². The largest absolute Gasteiger partial charge is 0.473 e. The van der Waals surface area contributed by atoms with E-state index in [2.05, 4.69) is 18.5 Å². The minimum absolute atomic E-state index is 0.0589. The minimum atomic E-state index is -1.95. The molecule has 1 aromatic heterocycles. The summed E-state index contributed by atoms with van der Waals surface area (Å²) in [4.78, 5) is 52.6. The fraction of sp³-hybridized carbons (Fsp3) is 0.467. The van der Waals surface area contributed by atoms with Crippen LogP contribution in [0.1, 0.15) is 38.5 Å². The number of aromatic nitrogens is 1. The summed E-state index contributed by atoms with van der Waals surface area (Å²) in [5.74, 6) is -1.17. The fourth-order valence-corrected chi connectivity index (χ4v) is 5.60. The third kappa shape index (κ3) is 6.79. The van der Waals surface area contributed by atoms with Crippen molar-refractivity contribution in [3.05, 3.63) is 66.0 Å². The van der Waals surface area contributed by atoms with Crippen LogP contribution in [-0.2, 0) is 25.6 Å². The van der Waals surface area contributed by atoms with Crippen LogP contribution in [0.4, 0.5) is 4.79 Å². The number of aliphatic hydroxyl groups excluding tert-OH is 1. The van der Waals surface area contributed by atoms with Crippen LogP contribution in [0.2, 0.25) is 0 Å². The van der Waals surface area contributed by atoms with Crippen molar-refractivity contribution in [2.75, 3.05) is 13.7 Å². The zero-order chi connectivity index (χ0) is 29.5. The topological polar surface area (TPSA) is 136 Å². The molecule has 0 spiro atoms. The number of hydrogen-bond donors (Lipinski definition) is 2. The van der Waals surface area contributed by atoms with E-state index >= 15 is 0 Å². The van der Waals surface area contributed by atoms with E-state index in [4.69, 9.17) is 14.2 Å². The Morgan fingerprint density at radius 3 is 2.71 bits per heavy atom. The van der Waals surface area contributed by atoms with Gasteiger partial charge in [0.25, 0.3) is 11.5 Å². The number of rotatable bonds is 11. The summed E-state index contributed by atoms with van der Waals surface area (Å²) in [6.45, 7) is 7.71. The van der Waals surface area contributed by atoms with Gasteiger partial charge in [-0.1, -0.05) is 30.4 Å². The van der Waals surface area contributed by atoms with Crippen molar-refractivity contribution >= 4 is 28.7 Å². The first kappa shape index (κ1) is 29.9. The summed E-state index contributed by atoms with van der Waals surface area (Å²) in [5.41, 5.74) is -0.230. The van der Waals surface area contributed by atoms with Crippen LogP contribution in [-0.4, -0.2) is 70.7 Å². The Morgan fingerprint density at radius 1 is 1.20 bits per heavy atom. The number of allylic oxidation sites excluding steroid dienone is 2. The molecule has 0 bridgehead atoms. The summed E-state index contributed by atoms with van der Waals surface area (Å²) in [6, 6.07) is 7.81. The molecule has 220 valence electrons. The standard InChI is InChI=1S/C30H37N3O8/c1-4-6-15-32-25(16-20-11-7-8-13-22(20)27(32)35)40-21-17-23(29(37)39-3)33(18-21)28(36)26(34)31-30(38)41-24-14-9-12-19(24)10-5-2/h4-5,7-8,11,13,16,19,21,23-24,26,34H,1-2,6,9-10,12,14-15,17-18H2,3H3,(H,31,38)/t19-,21-,23+,24-,26+/m1/s1. The SMILES string of the molecule is C=CCCn1c(O[C@@H]2C[C@@H](C(=O)OC)N(C(=O)[C@H](O)NC(=O)O[C@@H]3CCC[C@H]3CC=C)C2)cc2ccccc2c1=O. The number of carbonyl (C=O) groups excluding carboxylic acids is 3. The Labute approximate surface area is 238 Å². The summed E-state index contributed by atoms with van der Waals surface area (Å²) < 4.78 is 18.1. The fourth-order valence-electron chi connectivity index (χ4n) is 5.60. The second kappa shape index (κ2) is 13.5. The van der Waals surface area contributed by atoms with Crippen LogP contribution < -0.4 is 15.6 Å². The number of pyridine rings is 1. The van der Waals surface area contributed by atoms with E-state index in [1.54, 1.807) is 36.4 Å². The van der Waals surface area contributed by atoms with Crippen molar-refractivity contribution < 1.29 is 33.7 Å². The predicted octanol–water partition coefficient (Wildman–Crippen LogP) is 2.89. The van der Waals surface area contributed by atoms with Gasteiger partial charge in [0.1, 0.15) is 18.2 Å². The van der Waals surface area contributed by atoms with E-state index in [-0.39, 0.29) is 36.4 Å². The van der Waals surface area contributed by atoms with Crippen molar-refractivity contribution in [1.29, 1.82) is 0 Å². The lowest BCUT2D eigenvalue weighted by Gasteiger charge is -2.26. The Kier molecular flexibility index (Phi) is 9.82. The van der Waals surface area contributed by atoms with E-state index in [0.717, 1.165) is 17.7 Å². The monoisotopic (exact) mass is 567 g/mol.